The lowest BCUT2D eigenvalue weighted by atomic mass is 9.95. The van der Waals surface area contributed by atoms with E-state index in [1.807, 2.05) is 20.8 Å². The van der Waals surface area contributed by atoms with Crippen LogP contribution in [0, 0.1) is 0 Å². The fourth-order valence-electron chi connectivity index (χ4n) is 2.84. The number of nitrogens with zero attached hydrogens (tertiary/aromatic N) is 1. The second-order valence-electron chi connectivity index (χ2n) is 7.12. The topological polar surface area (TPSA) is 82.1 Å². The van der Waals surface area contributed by atoms with Gasteiger partial charge in [-0.2, -0.15) is 0 Å². The van der Waals surface area contributed by atoms with Crippen LogP contribution in [0.2, 0.25) is 0 Å². The van der Waals surface area contributed by atoms with Gasteiger partial charge in [0.15, 0.2) is 0 Å². The summed E-state index contributed by atoms with van der Waals surface area (Å²) in [5, 5.41) is 0. The molecule has 0 N–H and O–H groups in total. The molecule has 142 valence electrons. The molecule has 0 atom stereocenters. The first-order chi connectivity index (χ1) is 12.2. The van der Waals surface area contributed by atoms with Crippen LogP contribution < -0.4 is 0 Å². The zero-order valence-electron chi connectivity index (χ0n) is 15.9. The normalized spacial score (nSPS) is 14.1. The highest BCUT2D eigenvalue weighted by atomic mass is 16.6. The number of carbonyl (C=O) groups is 3. The van der Waals surface area contributed by atoms with Crippen LogP contribution in [0.4, 0.5) is 4.79 Å². The van der Waals surface area contributed by atoms with Gasteiger partial charge in [-0.05, 0) is 56.9 Å². The number of benzene rings is 1. The van der Waals surface area contributed by atoms with Crippen LogP contribution >= 0.6 is 0 Å². The van der Waals surface area contributed by atoms with E-state index in [1.165, 1.54) is 14.2 Å². The first-order valence-electron chi connectivity index (χ1n) is 8.46. The monoisotopic (exact) mass is 363 g/mol. The average Bonchev–Trinajstić information content (AvgIpc) is 2.79. The van der Waals surface area contributed by atoms with E-state index in [0.717, 1.165) is 11.1 Å². The van der Waals surface area contributed by atoms with Crippen molar-refractivity contribution >= 4 is 18.0 Å². The molecule has 0 saturated carbocycles. The fraction of sp³-hybridized carbons (Fsp3) is 0.526. The van der Waals surface area contributed by atoms with Crippen LogP contribution in [0.3, 0.4) is 0 Å². The van der Waals surface area contributed by atoms with Crippen molar-refractivity contribution in [2.75, 3.05) is 27.3 Å². The first-order valence-corrected chi connectivity index (χ1v) is 8.46. The Kier molecular flexibility index (Phi) is 5.90. The van der Waals surface area contributed by atoms with Crippen LogP contribution in [0.5, 0.6) is 0 Å². The van der Waals surface area contributed by atoms with Crippen molar-refractivity contribution in [3.05, 3.63) is 34.4 Å². The van der Waals surface area contributed by atoms with Gasteiger partial charge in [-0.15, -0.1) is 0 Å². The van der Waals surface area contributed by atoms with Crippen LogP contribution in [-0.4, -0.2) is 55.8 Å². The maximum absolute atomic E-state index is 12.3. The maximum atomic E-state index is 12.3. The van der Waals surface area contributed by atoms with Crippen LogP contribution in [0.1, 0.15) is 52.6 Å². The summed E-state index contributed by atoms with van der Waals surface area (Å²) in [4.78, 5) is 38.0. The minimum atomic E-state index is -0.596. The number of fused-ring (bicyclic) bond motifs is 1. The van der Waals surface area contributed by atoms with Crippen molar-refractivity contribution in [1.29, 1.82) is 0 Å². The van der Waals surface area contributed by atoms with Crippen LogP contribution in [0.15, 0.2) is 12.1 Å². The molecule has 0 radical (unpaired) electrons. The zero-order valence-corrected chi connectivity index (χ0v) is 15.9. The second-order valence-corrected chi connectivity index (χ2v) is 7.12. The third kappa shape index (κ3) is 4.53. The molecule has 2 rings (SSSR count). The highest BCUT2D eigenvalue weighted by Crippen LogP contribution is 2.24. The van der Waals surface area contributed by atoms with Crippen molar-refractivity contribution in [1.82, 2.24) is 4.90 Å². The van der Waals surface area contributed by atoms with Crippen molar-refractivity contribution in [2.24, 2.45) is 0 Å². The minimum absolute atomic E-state index is 0.170. The van der Waals surface area contributed by atoms with Gasteiger partial charge in [0.1, 0.15) is 5.60 Å². The molecule has 0 fully saturated rings. The molecule has 1 aromatic rings. The Morgan fingerprint density at radius 3 is 1.65 bits per heavy atom. The smallest absolute Gasteiger partial charge is 0.410 e. The summed E-state index contributed by atoms with van der Waals surface area (Å²) in [5.41, 5.74) is 1.59. The van der Waals surface area contributed by atoms with E-state index in [9.17, 15) is 14.4 Å². The van der Waals surface area contributed by atoms with E-state index < -0.39 is 17.5 Å². The Morgan fingerprint density at radius 2 is 1.31 bits per heavy atom. The summed E-state index contributed by atoms with van der Waals surface area (Å²) >= 11 is 0. The highest BCUT2D eigenvalue weighted by Gasteiger charge is 2.27. The molecule has 1 aromatic carbocycles. The predicted molar refractivity (Wildman–Crippen MR) is 94.3 cm³/mol. The summed E-state index contributed by atoms with van der Waals surface area (Å²) in [6.45, 7) is 6.41. The van der Waals surface area contributed by atoms with Gasteiger partial charge in [0.25, 0.3) is 0 Å². The average molecular weight is 363 g/mol. The van der Waals surface area contributed by atoms with Crippen molar-refractivity contribution in [3.8, 4) is 0 Å². The van der Waals surface area contributed by atoms with Gasteiger partial charge in [0.05, 0.1) is 25.3 Å². The van der Waals surface area contributed by atoms with Crippen molar-refractivity contribution in [2.45, 2.75) is 39.2 Å². The molecule has 0 spiro atoms. The number of esters is 2. The molecule has 26 heavy (non-hydrogen) atoms. The lowest BCUT2D eigenvalue weighted by Gasteiger charge is -2.26. The van der Waals surface area contributed by atoms with E-state index in [2.05, 4.69) is 0 Å². The highest BCUT2D eigenvalue weighted by molar-refractivity contribution is 6.03. The number of amides is 1. The lowest BCUT2D eigenvalue weighted by Crippen LogP contribution is -2.38. The van der Waals surface area contributed by atoms with Crippen LogP contribution in [-0.2, 0) is 27.1 Å². The van der Waals surface area contributed by atoms with E-state index in [0.29, 0.717) is 25.9 Å². The second kappa shape index (κ2) is 7.76. The number of carbonyl (C=O) groups excluding carboxylic acids is 3. The van der Waals surface area contributed by atoms with Gasteiger partial charge in [-0.1, -0.05) is 0 Å². The number of rotatable bonds is 2. The largest absolute Gasteiger partial charge is 0.465 e. The van der Waals surface area contributed by atoms with E-state index in [-0.39, 0.29) is 17.2 Å². The standard InChI is InChI=1S/C19H25NO6/c1-19(2,3)26-18(23)20-8-6-12-10-14(16(21)24-4)15(17(22)25-5)11-13(12)7-9-20/h10-11H,6-9H2,1-5H3. The molecule has 1 aliphatic heterocycles. The summed E-state index contributed by atoms with van der Waals surface area (Å²) in [6.07, 6.45) is 0.742. The SMILES string of the molecule is COC(=O)c1cc2c(cc1C(=O)OC)CCN(C(=O)OC(C)(C)C)CC2. The molecule has 1 amide bonds. The number of hydrogen-bond donors (Lipinski definition) is 0. The molecule has 1 heterocycles. The van der Waals surface area contributed by atoms with Gasteiger partial charge >= 0.3 is 18.0 Å². The van der Waals surface area contributed by atoms with Crippen LogP contribution in [0.25, 0.3) is 0 Å². The third-order valence-electron chi connectivity index (χ3n) is 4.10. The predicted octanol–water partition coefficient (Wildman–Crippen LogP) is 2.60. The molecule has 0 unspecified atom stereocenters. The third-order valence-corrected chi connectivity index (χ3v) is 4.10. The maximum Gasteiger partial charge on any atom is 0.410 e. The Morgan fingerprint density at radius 1 is 0.885 bits per heavy atom. The zero-order chi connectivity index (χ0) is 19.5. The van der Waals surface area contributed by atoms with E-state index >= 15 is 0 Å². The van der Waals surface area contributed by atoms with Gasteiger partial charge < -0.3 is 19.1 Å². The van der Waals surface area contributed by atoms with Gasteiger partial charge in [0.2, 0.25) is 0 Å². The van der Waals surface area contributed by atoms with Crippen molar-refractivity contribution < 1.29 is 28.6 Å². The van der Waals surface area contributed by atoms with Gasteiger partial charge in [0, 0.05) is 13.1 Å². The quantitative estimate of drug-likeness (QED) is 0.593. The molecule has 0 bridgehead atoms. The van der Waals surface area contributed by atoms with E-state index in [4.69, 9.17) is 14.2 Å². The van der Waals surface area contributed by atoms with E-state index in [1.54, 1.807) is 17.0 Å². The van der Waals surface area contributed by atoms with Crippen molar-refractivity contribution in [3.63, 3.8) is 0 Å². The molecule has 1 aliphatic rings. The van der Waals surface area contributed by atoms with Gasteiger partial charge in [-0.25, -0.2) is 14.4 Å². The first kappa shape index (κ1) is 19.8. The summed E-state index contributed by atoms with van der Waals surface area (Å²) in [5.74, 6) is -1.19. The molecule has 0 saturated heterocycles. The molecular formula is C19H25NO6. The Hall–Kier alpha value is -2.57. The molecule has 0 aromatic heterocycles. The molecule has 7 heteroatoms. The molecule has 0 aliphatic carbocycles. The molecular weight excluding hydrogens is 338 g/mol. The van der Waals surface area contributed by atoms with Gasteiger partial charge in [-0.3, -0.25) is 0 Å². The fourth-order valence-corrected chi connectivity index (χ4v) is 2.84. The Bertz CT molecular complexity index is 672. The number of hydrogen-bond acceptors (Lipinski definition) is 6. The Labute approximate surface area is 153 Å². The summed E-state index contributed by atoms with van der Waals surface area (Å²) in [6, 6.07) is 3.32. The lowest BCUT2D eigenvalue weighted by molar-refractivity contribution is 0.0258. The summed E-state index contributed by atoms with van der Waals surface area (Å²) in [7, 11) is 2.53. The summed E-state index contributed by atoms with van der Waals surface area (Å²) < 4.78 is 15.0. The molecule has 7 nitrogen and oxygen atoms in total. The minimum Gasteiger partial charge on any atom is -0.465 e. The number of ether oxygens (including phenoxy) is 3. The number of methoxy groups -OCH3 is 2. The Balaban J connectivity index is 2.30.